The fraction of sp³-hybridized carbons (Fsp3) is 0.421. The van der Waals surface area contributed by atoms with E-state index in [1.807, 2.05) is 0 Å². The standard InChI is InChI=1S/C19H24N2O6S3/c1-14-7-8-15(13-17(14)30(25,26)21-10-5-3-4-6-11-21)20-29(23,24)16-9-12-28-18(16)19(22)27-2/h7-9,12-13,20H,3-6,10-11H2,1-2H3. The predicted octanol–water partition coefficient (Wildman–Crippen LogP) is 3.21. The summed E-state index contributed by atoms with van der Waals surface area (Å²) in [7, 11) is -6.68. The Balaban J connectivity index is 1.94. The topological polar surface area (TPSA) is 110 Å². The third-order valence-electron chi connectivity index (χ3n) is 4.91. The molecule has 1 saturated heterocycles. The van der Waals surface area contributed by atoms with Crippen molar-refractivity contribution in [2.24, 2.45) is 0 Å². The van der Waals surface area contributed by atoms with Gasteiger partial charge in [-0.25, -0.2) is 21.6 Å². The van der Waals surface area contributed by atoms with E-state index in [0.29, 0.717) is 18.7 Å². The third-order valence-corrected chi connectivity index (χ3v) is 9.40. The number of methoxy groups -OCH3 is 1. The van der Waals surface area contributed by atoms with Crippen LogP contribution in [0.4, 0.5) is 5.69 Å². The summed E-state index contributed by atoms with van der Waals surface area (Å²) in [5.41, 5.74) is 0.643. The first-order valence-electron chi connectivity index (χ1n) is 9.46. The molecule has 1 aromatic heterocycles. The lowest BCUT2D eigenvalue weighted by atomic mass is 10.2. The number of ether oxygens (including phenoxy) is 1. The summed E-state index contributed by atoms with van der Waals surface area (Å²) in [5, 5.41) is 1.48. The van der Waals surface area contributed by atoms with E-state index in [0.717, 1.165) is 37.0 Å². The van der Waals surface area contributed by atoms with Gasteiger partial charge in [-0.1, -0.05) is 18.9 Å². The van der Waals surface area contributed by atoms with Gasteiger partial charge in [0.25, 0.3) is 10.0 Å². The highest BCUT2D eigenvalue weighted by Gasteiger charge is 2.28. The van der Waals surface area contributed by atoms with Crippen molar-refractivity contribution < 1.29 is 26.4 Å². The second-order valence-corrected chi connectivity index (χ2v) is 11.5. The Morgan fingerprint density at radius 3 is 2.33 bits per heavy atom. The molecule has 1 N–H and O–H groups in total. The van der Waals surface area contributed by atoms with Crippen molar-refractivity contribution >= 4 is 43.0 Å². The van der Waals surface area contributed by atoms with Crippen LogP contribution >= 0.6 is 11.3 Å². The summed E-state index contributed by atoms with van der Waals surface area (Å²) < 4.78 is 60.5. The minimum atomic E-state index is -4.11. The van der Waals surface area contributed by atoms with E-state index in [1.54, 1.807) is 13.0 Å². The van der Waals surface area contributed by atoms with Crippen LogP contribution in [-0.2, 0) is 24.8 Å². The number of carbonyl (C=O) groups excluding carboxylic acids is 1. The molecule has 0 radical (unpaired) electrons. The highest BCUT2D eigenvalue weighted by Crippen LogP contribution is 2.29. The van der Waals surface area contributed by atoms with Crippen LogP contribution in [0.15, 0.2) is 39.4 Å². The maximum absolute atomic E-state index is 13.2. The Labute approximate surface area is 181 Å². The molecule has 2 aromatic rings. The number of anilines is 1. The molecule has 1 aliphatic heterocycles. The first-order valence-corrected chi connectivity index (χ1v) is 13.3. The molecule has 0 aliphatic carbocycles. The minimum Gasteiger partial charge on any atom is -0.465 e. The molecule has 1 aromatic carbocycles. The SMILES string of the molecule is COC(=O)c1sccc1S(=O)(=O)Nc1ccc(C)c(S(=O)(=O)N2CCCCCC2)c1. The first-order chi connectivity index (χ1) is 14.2. The summed E-state index contributed by atoms with van der Waals surface area (Å²) in [6, 6.07) is 5.70. The van der Waals surface area contributed by atoms with Crippen LogP contribution in [0.3, 0.4) is 0 Å². The highest BCUT2D eigenvalue weighted by atomic mass is 32.2. The average molecular weight is 473 g/mol. The number of thiophene rings is 1. The molecule has 11 heteroatoms. The lowest BCUT2D eigenvalue weighted by Gasteiger charge is -2.21. The van der Waals surface area contributed by atoms with Crippen molar-refractivity contribution in [2.45, 2.75) is 42.4 Å². The second kappa shape index (κ2) is 9.04. The lowest BCUT2D eigenvalue weighted by molar-refractivity contribution is 0.0602. The molecule has 1 fully saturated rings. The molecule has 0 bridgehead atoms. The summed E-state index contributed by atoms with van der Waals surface area (Å²) in [6.45, 7) is 2.58. The molecular weight excluding hydrogens is 448 g/mol. The molecule has 164 valence electrons. The van der Waals surface area contributed by atoms with Gasteiger partial charge in [0.05, 0.1) is 17.7 Å². The van der Waals surface area contributed by atoms with Crippen LogP contribution in [0.1, 0.15) is 40.9 Å². The Bertz CT molecular complexity index is 1130. The van der Waals surface area contributed by atoms with Gasteiger partial charge in [-0.05, 0) is 48.9 Å². The Hall–Kier alpha value is -1.95. The number of hydrogen-bond acceptors (Lipinski definition) is 7. The predicted molar refractivity (Wildman–Crippen MR) is 115 cm³/mol. The number of sulfonamides is 2. The maximum atomic E-state index is 13.2. The van der Waals surface area contributed by atoms with Crippen molar-refractivity contribution in [3.8, 4) is 0 Å². The number of carbonyl (C=O) groups is 1. The second-order valence-electron chi connectivity index (χ2n) is 7.01. The number of hydrogen-bond donors (Lipinski definition) is 1. The van der Waals surface area contributed by atoms with Gasteiger partial charge in [-0.2, -0.15) is 4.31 Å². The molecular formula is C19H24N2O6S3. The van der Waals surface area contributed by atoms with Gasteiger partial charge in [0, 0.05) is 13.1 Å². The third kappa shape index (κ3) is 4.69. The number of rotatable bonds is 6. The fourth-order valence-corrected chi connectivity index (χ4v) is 7.48. The average Bonchev–Trinajstić information content (AvgIpc) is 3.04. The summed E-state index contributed by atoms with van der Waals surface area (Å²) in [6.07, 6.45) is 3.60. The van der Waals surface area contributed by atoms with Crippen LogP contribution in [0.5, 0.6) is 0 Å². The van der Waals surface area contributed by atoms with Gasteiger partial charge >= 0.3 is 5.97 Å². The van der Waals surface area contributed by atoms with E-state index in [1.165, 1.54) is 35.0 Å². The monoisotopic (exact) mass is 472 g/mol. The van der Waals surface area contributed by atoms with E-state index < -0.39 is 26.0 Å². The lowest BCUT2D eigenvalue weighted by Crippen LogP contribution is -2.32. The summed E-state index contributed by atoms with van der Waals surface area (Å²) >= 11 is 0.954. The number of nitrogens with zero attached hydrogens (tertiary/aromatic N) is 1. The number of benzene rings is 1. The Morgan fingerprint density at radius 2 is 1.70 bits per heavy atom. The van der Waals surface area contributed by atoms with Gasteiger partial charge in [-0.15, -0.1) is 11.3 Å². The quantitative estimate of drug-likeness (QED) is 0.647. The van der Waals surface area contributed by atoms with E-state index in [2.05, 4.69) is 9.46 Å². The van der Waals surface area contributed by atoms with Gasteiger partial charge < -0.3 is 4.74 Å². The van der Waals surface area contributed by atoms with Crippen LogP contribution in [0.2, 0.25) is 0 Å². The Kier molecular flexibility index (Phi) is 6.85. The normalized spacial score (nSPS) is 16.1. The maximum Gasteiger partial charge on any atom is 0.349 e. The van der Waals surface area contributed by atoms with Crippen LogP contribution in [0.25, 0.3) is 0 Å². The highest BCUT2D eigenvalue weighted by molar-refractivity contribution is 7.93. The molecule has 2 heterocycles. The number of esters is 1. The molecule has 30 heavy (non-hydrogen) atoms. The van der Waals surface area contributed by atoms with Gasteiger partial charge in [-0.3, -0.25) is 4.72 Å². The van der Waals surface area contributed by atoms with Crippen molar-refractivity contribution in [3.05, 3.63) is 40.1 Å². The zero-order chi connectivity index (χ0) is 21.9. The summed E-state index contributed by atoms with van der Waals surface area (Å²) in [4.78, 5) is 11.7. The molecule has 0 unspecified atom stereocenters. The molecule has 8 nitrogen and oxygen atoms in total. The van der Waals surface area contributed by atoms with Crippen LogP contribution < -0.4 is 4.72 Å². The molecule has 0 spiro atoms. The van der Waals surface area contributed by atoms with E-state index in [-0.39, 0.29) is 20.4 Å². The molecule has 0 saturated carbocycles. The zero-order valence-corrected chi connectivity index (χ0v) is 19.2. The first kappa shape index (κ1) is 22.7. The number of aryl methyl sites for hydroxylation is 1. The molecule has 0 amide bonds. The van der Waals surface area contributed by atoms with Gasteiger partial charge in [0.1, 0.15) is 9.77 Å². The van der Waals surface area contributed by atoms with Crippen LogP contribution in [-0.4, -0.2) is 47.3 Å². The molecule has 3 rings (SSSR count). The van der Waals surface area contributed by atoms with Crippen molar-refractivity contribution in [2.75, 3.05) is 24.9 Å². The van der Waals surface area contributed by atoms with Crippen molar-refractivity contribution in [1.82, 2.24) is 4.31 Å². The van der Waals surface area contributed by atoms with Crippen LogP contribution in [0, 0.1) is 6.92 Å². The molecule has 0 atom stereocenters. The molecule has 1 aliphatic rings. The van der Waals surface area contributed by atoms with E-state index in [4.69, 9.17) is 0 Å². The van der Waals surface area contributed by atoms with E-state index in [9.17, 15) is 21.6 Å². The van der Waals surface area contributed by atoms with E-state index >= 15 is 0 Å². The minimum absolute atomic E-state index is 0.0467. The van der Waals surface area contributed by atoms with Gasteiger partial charge in [0.15, 0.2) is 0 Å². The smallest absolute Gasteiger partial charge is 0.349 e. The van der Waals surface area contributed by atoms with Gasteiger partial charge in [0.2, 0.25) is 10.0 Å². The number of nitrogens with one attached hydrogen (secondary N) is 1. The Morgan fingerprint density at radius 1 is 1.03 bits per heavy atom. The summed E-state index contributed by atoms with van der Waals surface area (Å²) in [5.74, 6) is -0.751. The van der Waals surface area contributed by atoms with Crippen molar-refractivity contribution in [1.29, 1.82) is 0 Å². The fourth-order valence-electron chi connectivity index (χ4n) is 3.32. The van der Waals surface area contributed by atoms with Crippen molar-refractivity contribution in [3.63, 3.8) is 0 Å². The largest absolute Gasteiger partial charge is 0.465 e. The zero-order valence-electron chi connectivity index (χ0n) is 16.8.